The second kappa shape index (κ2) is 8.50. The van der Waals surface area contributed by atoms with Crippen LogP contribution in [0.3, 0.4) is 0 Å². The SMILES string of the molecule is NC(=O)c1ccc(COC(=O)c2cc3sc(Nc4ccccc4)nc3s2)c([N+](=O)[O-])c1. The second-order valence-corrected chi connectivity index (χ2v) is 8.39. The number of hydrogen-bond acceptors (Lipinski definition) is 9. The third-order valence-electron chi connectivity index (χ3n) is 4.24. The summed E-state index contributed by atoms with van der Waals surface area (Å²) in [6.45, 7) is -0.312. The van der Waals surface area contributed by atoms with Crippen LogP contribution in [0.15, 0.2) is 54.6 Å². The number of thiophene rings is 1. The number of nitrogens with zero attached hydrogens (tertiary/aromatic N) is 2. The van der Waals surface area contributed by atoms with Crippen LogP contribution >= 0.6 is 22.7 Å². The average molecular weight is 454 g/mol. The Kier molecular flexibility index (Phi) is 5.60. The molecule has 0 bridgehead atoms. The molecular weight excluding hydrogens is 440 g/mol. The molecule has 9 nitrogen and oxygen atoms in total. The van der Waals surface area contributed by atoms with Crippen LogP contribution in [0.5, 0.6) is 0 Å². The van der Waals surface area contributed by atoms with Gasteiger partial charge >= 0.3 is 5.97 Å². The molecule has 0 aliphatic carbocycles. The molecule has 2 aromatic heterocycles. The standard InChI is InChI=1S/C20H14N4O5S2/c21-17(25)11-6-7-12(14(8-11)24(27)28)10-29-19(26)16-9-15-18(30-16)23-20(31-15)22-13-4-2-1-3-5-13/h1-9H,10H2,(H2,21,25)(H,22,23). The van der Waals surface area contributed by atoms with Crippen LogP contribution in [0.25, 0.3) is 9.53 Å². The van der Waals surface area contributed by atoms with E-state index in [1.165, 1.54) is 34.8 Å². The zero-order chi connectivity index (χ0) is 22.0. The highest BCUT2D eigenvalue weighted by Crippen LogP contribution is 2.34. The maximum Gasteiger partial charge on any atom is 0.348 e. The molecule has 0 saturated heterocycles. The molecular formula is C20H14N4O5S2. The fourth-order valence-corrected chi connectivity index (χ4v) is 4.79. The Labute approximate surface area is 183 Å². The number of amides is 1. The number of benzene rings is 2. The predicted molar refractivity (Wildman–Crippen MR) is 118 cm³/mol. The van der Waals surface area contributed by atoms with Crippen LogP contribution < -0.4 is 11.1 Å². The van der Waals surface area contributed by atoms with Gasteiger partial charge in [0.05, 0.1) is 15.2 Å². The molecule has 4 aromatic rings. The van der Waals surface area contributed by atoms with Gasteiger partial charge in [-0.1, -0.05) is 29.5 Å². The maximum absolute atomic E-state index is 12.4. The molecule has 0 spiro atoms. The lowest BCUT2D eigenvalue weighted by Gasteiger charge is -2.05. The fourth-order valence-electron chi connectivity index (χ4n) is 2.76. The molecule has 0 aliphatic heterocycles. The molecule has 0 unspecified atom stereocenters. The minimum Gasteiger partial charge on any atom is -0.456 e. The Morgan fingerprint density at radius 2 is 1.90 bits per heavy atom. The first-order chi connectivity index (χ1) is 14.9. The van der Waals surface area contributed by atoms with Crippen molar-refractivity contribution in [1.82, 2.24) is 4.98 Å². The number of ether oxygens (including phenoxy) is 1. The normalized spacial score (nSPS) is 10.7. The van der Waals surface area contributed by atoms with Crippen LogP contribution in [0.1, 0.15) is 25.6 Å². The van der Waals surface area contributed by atoms with Gasteiger partial charge in [0.15, 0.2) is 5.13 Å². The molecule has 3 N–H and O–H groups in total. The van der Waals surface area contributed by atoms with Crippen molar-refractivity contribution in [2.45, 2.75) is 6.61 Å². The van der Waals surface area contributed by atoms with E-state index in [0.29, 0.717) is 14.8 Å². The summed E-state index contributed by atoms with van der Waals surface area (Å²) in [7, 11) is 0. The molecule has 156 valence electrons. The predicted octanol–water partition coefficient (Wildman–Crippen LogP) is 4.47. The Balaban J connectivity index is 1.46. The van der Waals surface area contributed by atoms with E-state index in [-0.39, 0.29) is 23.4 Å². The number of carbonyl (C=O) groups excluding carboxylic acids is 2. The van der Waals surface area contributed by atoms with Gasteiger partial charge in [0, 0.05) is 17.3 Å². The number of para-hydroxylation sites is 1. The number of nitro groups is 1. The van der Waals surface area contributed by atoms with E-state index < -0.39 is 16.8 Å². The van der Waals surface area contributed by atoms with Crippen molar-refractivity contribution in [3.8, 4) is 0 Å². The van der Waals surface area contributed by atoms with Crippen molar-refractivity contribution in [3.05, 3.63) is 80.7 Å². The topological polar surface area (TPSA) is 137 Å². The van der Waals surface area contributed by atoms with Crippen molar-refractivity contribution in [1.29, 1.82) is 0 Å². The maximum atomic E-state index is 12.4. The van der Waals surface area contributed by atoms with Gasteiger partial charge in [-0.25, -0.2) is 9.78 Å². The van der Waals surface area contributed by atoms with E-state index in [4.69, 9.17) is 10.5 Å². The van der Waals surface area contributed by atoms with Crippen molar-refractivity contribution < 1.29 is 19.2 Å². The molecule has 11 heteroatoms. The summed E-state index contributed by atoms with van der Waals surface area (Å²) in [5.41, 5.74) is 5.89. The molecule has 1 amide bonds. The Hall–Kier alpha value is -3.83. The largest absolute Gasteiger partial charge is 0.456 e. The van der Waals surface area contributed by atoms with Gasteiger partial charge in [0.2, 0.25) is 5.91 Å². The number of thiazole rings is 1. The number of anilines is 2. The zero-order valence-corrected chi connectivity index (χ0v) is 17.4. The van der Waals surface area contributed by atoms with E-state index in [0.717, 1.165) is 16.5 Å². The van der Waals surface area contributed by atoms with Gasteiger partial charge < -0.3 is 15.8 Å². The third kappa shape index (κ3) is 4.52. The minimum atomic E-state index is -0.779. The number of nitrogens with one attached hydrogen (secondary N) is 1. The smallest absolute Gasteiger partial charge is 0.348 e. The highest BCUT2D eigenvalue weighted by atomic mass is 32.1. The van der Waals surface area contributed by atoms with Crippen LogP contribution in [-0.4, -0.2) is 21.8 Å². The molecule has 0 radical (unpaired) electrons. The van der Waals surface area contributed by atoms with Crippen molar-refractivity contribution in [3.63, 3.8) is 0 Å². The van der Waals surface area contributed by atoms with E-state index in [1.807, 2.05) is 30.3 Å². The lowest BCUT2D eigenvalue weighted by Crippen LogP contribution is -2.12. The molecule has 2 aromatic carbocycles. The fraction of sp³-hybridized carbons (Fsp3) is 0.0500. The molecule has 31 heavy (non-hydrogen) atoms. The summed E-state index contributed by atoms with van der Waals surface area (Å²) < 4.78 is 6.07. The van der Waals surface area contributed by atoms with E-state index in [9.17, 15) is 19.7 Å². The van der Waals surface area contributed by atoms with E-state index in [1.54, 1.807) is 6.07 Å². The van der Waals surface area contributed by atoms with Crippen LogP contribution in [0.2, 0.25) is 0 Å². The minimum absolute atomic E-state index is 0.00580. The second-order valence-electron chi connectivity index (χ2n) is 6.33. The van der Waals surface area contributed by atoms with Crippen LogP contribution in [0, 0.1) is 10.1 Å². The molecule has 4 rings (SSSR count). The summed E-state index contributed by atoms with van der Waals surface area (Å²) in [6, 6.07) is 15.0. The van der Waals surface area contributed by atoms with Gasteiger partial charge in [-0.2, -0.15) is 0 Å². The average Bonchev–Trinajstić information content (AvgIpc) is 3.31. The zero-order valence-electron chi connectivity index (χ0n) is 15.7. The summed E-state index contributed by atoms with van der Waals surface area (Å²) in [5.74, 6) is -1.39. The van der Waals surface area contributed by atoms with Crippen molar-refractivity contribution >= 4 is 60.6 Å². The van der Waals surface area contributed by atoms with Gasteiger partial charge in [-0.15, -0.1) is 11.3 Å². The molecule has 2 heterocycles. The monoisotopic (exact) mass is 454 g/mol. The highest BCUT2D eigenvalue weighted by Gasteiger charge is 2.20. The van der Waals surface area contributed by atoms with Crippen LogP contribution in [0.4, 0.5) is 16.5 Å². The summed E-state index contributed by atoms with van der Waals surface area (Å²) in [5, 5.41) is 15.2. The number of primary amides is 1. The van der Waals surface area contributed by atoms with Gasteiger partial charge in [0.1, 0.15) is 16.3 Å². The van der Waals surface area contributed by atoms with E-state index >= 15 is 0 Å². The number of esters is 1. The molecule has 0 fully saturated rings. The molecule has 0 aliphatic rings. The number of carbonyl (C=O) groups is 2. The summed E-state index contributed by atoms with van der Waals surface area (Å²) in [4.78, 5) is 39.8. The molecule has 0 atom stereocenters. The first-order valence-corrected chi connectivity index (χ1v) is 10.5. The first kappa shape index (κ1) is 20.4. The summed E-state index contributed by atoms with van der Waals surface area (Å²) >= 11 is 2.58. The summed E-state index contributed by atoms with van der Waals surface area (Å²) in [6.07, 6.45) is 0. The van der Waals surface area contributed by atoms with Gasteiger partial charge in [0.25, 0.3) is 5.69 Å². The number of fused-ring (bicyclic) bond motifs is 1. The Morgan fingerprint density at radius 1 is 1.13 bits per heavy atom. The van der Waals surface area contributed by atoms with Crippen LogP contribution in [-0.2, 0) is 11.3 Å². The number of rotatable bonds is 7. The quantitative estimate of drug-likeness (QED) is 0.239. The lowest BCUT2D eigenvalue weighted by molar-refractivity contribution is -0.385. The van der Waals surface area contributed by atoms with Gasteiger partial charge in [-0.3, -0.25) is 14.9 Å². The lowest BCUT2D eigenvalue weighted by atomic mass is 10.1. The number of nitro benzene ring substituents is 1. The number of nitrogens with two attached hydrogens (primary N) is 1. The first-order valence-electron chi connectivity index (χ1n) is 8.87. The van der Waals surface area contributed by atoms with E-state index in [2.05, 4.69) is 10.3 Å². The Bertz CT molecular complexity index is 1270. The van der Waals surface area contributed by atoms with Gasteiger partial charge in [-0.05, 0) is 30.3 Å². The highest BCUT2D eigenvalue weighted by molar-refractivity contribution is 7.29. The number of hydrogen-bond donors (Lipinski definition) is 2. The van der Waals surface area contributed by atoms with Crippen molar-refractivity contribution in [2.24, 2.45) is 5.73 Å². The molecule has 0 saturated carbocycles. The third-order valence-corrected chi connectivity index (χ3v) is 6.30. The number of aromatic nitrogens is 1. The Morgan fingerprint density at radius 3 is 2.58 bits per heavy atom. The van der Waals surface area contributed by atoms with Crippen molar-refractivity contribution in [2.75, 3.05) is 5.32 Å².